The summed E-state index contributed by atoms with van der Waals surface area (Å²) in [6, 6.07) is 5.48. The van der Waals surface area contributed by atoms with Gasteiger partial charge in [0, 0.05) is 31.0 Å². The first-order chi connectivity index (χ1) is 9.99. The smallest absolute Gasteiger partial charge is 0.241 e. The minimum absolute atomic E-state index is 0.0354. The first kappa shape index (κ1) is 15.8. The van der Waals surface area contributed by atoms with E-state index in [0.29, 0.717) is 5.69 Å². The van der Waals surface area contributed by atoms with Gasteiger partial charge in [-0.1, -0.05) is 6.07 Å². The van der Waals surface area contributed by atoms with Crippen LogP contribution >= 0.6 is 0 Å². The average molecular weight is 290 g/mol. The zero-order valence-electron chi connectivity index (χ0n) is 13.2. The van der Waals surface area contributed by atoms with Crippen molar-refractivity contribution < 1.29 is 4.79 Å². The Labute approximate surface area is 127 Å². The summed E-state index contributed by atoms with van der Waals surface area (Å²) in [6.45, 7) is 7.91. The van der Waals surface area contributed by atoms with Crippen LogP contribution in [0.25, 0.3) is 0 Å². The maximum absolute atomic E-state index is 12.5. The van der Waals surface area contributed by atoms with Crippen LogP contribution in [0, 0.1) is 6.92 Å². The molecular formula is C16H26N4O. The number of likely N-dealkylation sites (N-methyl/N-ethyl adjacent to an activating group) is 1. The lowest BCUT2D eigenvalue weighted by Crippen LogP contribution is -2.43. The third kappa shape index (κ3) is 3.95. The third-order valence-electron chi connectivity index (χ3n) is 4.31. The topological polar surface area (TPSA) is 61.6 Å². The Bertz CT molecular complexity index is 503. The second-order valence-corrected chi connectivity index (χ2v) is 5.88. The van der Waals surface area contributed by atoms with Gasteiger partial charge >= 0.3 is 0 Å². The van der Waals surface area contributed by atoms with Crippen LogP contribution in [-0.2, 0) is 4.79 Å². The molecule has 1 aromatic rings. The molecule has 2 rings (SSSR count). The van der Waals surface area contributed by atoms with Crippen LogP contribution < -0.4 is 11.1 Å². The van der Waals surface area contributed by atoms with Crippen molar-refractivity contribution in [1.82, 2.24) is 9.80 Å². The fourth-order valence-electron chi connectivity index (χ4n) is 2.65. The second-order valence-electron chi connectivity index (χ2n) is 5.88. The first-order valence-electron chi connectivity index (χ1n) is 7.57. The van der Waals surface area contributed by atoms with Gasteiger partial charge < -0.3 is 16.0 Å². The lowest BCUT2D eigenvalue weighted by Gasteiger charge is -2.27. The Morgan fingerprint density at radius 3 is 2.81 bits per heavy atom. The van der Waals surface area contributed by atoms with Crippen LogP contribution in [0.3, 0.4) is 0 Å². The molecule has 5 heteroatoms. The molecule has 0 radical (unpaired) electrons. The van der Waals surface area contributed by atoms with Crippen LogP contribution in [0.15, 0.2) is 18.2 Å². The number of nitrogens with one attached hydrogen (secondary N) is 1. The average Bonchev–Trinajstić information content (AvgIpc) is 2.68. The molecule has 0 aromatic heterocycles. The Hall–Kier alpha value is -1.59. The Balaban J connectivity index is 2.00. The van der Waals surface area contributed by atoms with Gasteiger partial charge in [0.15, 0.2) is 0 Å². The standard InChI is InChI=1S/C16H26N4O/c1-12-14(17)6-4-7-15(12)18-16(21)13(2)20-9-5-8-19(3)10-11-20/h4,6-7,13H,5,8-11,17H2,1-3H3,(H,18,21). The molecule has 5 nitrogen and oxygen atoms in total. The minimum Gasteiger partial charge on any atom is -0.398 e. The van der Waals surface area contributed by atoms with Gasteiger partial charge in [-0.2, -0.15) is 0 Å². The molecule has 0 aliphatic carbocycles. The molecule has 1 aliphatic rings. The van der Waals surface area contributed by atoms with Crippen molar-refractivity contribution in [2.24, 2.45) is 0 Å². The van der Waals surface area contributed by atoms with Crippen LogP contribution in [0.5, 0.6) is 0 Å². The van der Waals surface area contributed by atoms with Gasteiger partial charge in [-0.15, -0.1) is 0 Å². The minimum atomic E-state index is -0.127. The molecule has 1 aromatic carbocycles. The second kappa shape index (κ2) is 6.91. The van der Waals surface area contributed by atoms with Crippen LogP contribution in [0.4, 0.5) is 11.4 Å². The highest BCUT2D eigenvalue weighted by Crippen LogP contribution is 2.21. The Kier molecular flexibility index (Phi) is 5.20. The zero-order chi connectivity index (χ0) is 15.4. The number of anilines is 2. The molecule has 1 atom stereocenters. The van der Waals surface area contributed by atoms with E-state index in [2.05, 4.69) is 22.2 Å². The highest BCUT2D eigenvalue weighted by Gasteiger charge is 2.23. The Morgan fingerprint density at radius 2 is 2.05 bits per heavy atom. The number of nitrogen functional groups attached to an aromatic ring is 1. The number of hydrogen-bond donors (Lipinski definition) is 2. The van der Waals surface area contributed by atoms with E-state index in [4.69, 9.17) is 5.73 Å². The van der Waals surface area contributed by atoms with Crippen molar-refractivity contribution in [2.45, 2.75) is 26.3 Å². The molecule has 1 heterocycles. The molecule has 1 fully saturated rings. The maximum atomic E-state index is 12.5. The number of carbonyl (C=O) groups excluding carboxylic acids is 1. The molecule has 1 amide bonds. The Morgan fingerprint density at radius 1 is 1.29 bits per heavy atom. The largest absolute Gasteiger partial charge is 0.398 e. The quantitative estimate of drug-likeness (QED) is 0.829. The van der Waals surface area contributed by atoms with Gasteiger partial charge in [-0.05, 0) is 51.6 Å². The number of hydrogen-bond acceptors (Lipinski definition) is 4. The molecule has 0 bridgehead atoms. The summed E-state index contributed by atoms with van der Waals surface area (Å²) in [7, 11) is 2.13. The van der Waals surface area contributed by atoms with Crippen molar-refractivity contribution in [1.29, 1.82) is 0 Å². The molecule has 1 saturated heterocycles. The van der Waals surface area contributed by atoms with E-state index in [1.807, 2.05) is 32.0 Å². The van der Waals surface area contributed by atoms with E-state index in [0.717, 1.165) is 43.9 Å². The predicted octanol–water partition coefficient (Wildman–Crippen LogP) is 1.54. The number of amides is 1. The molecular weight excluding hydrogens is 264 g/mol. The fourth-order valence-corrected chi connectivity index (χ4v) is 2.65. The summed E-state index contributed by atoms with van der Waals surface area (Å²) in [5.41, 5.74) is 8.32. The van der Waals surface area contributed by atoms with E-state index in [-0.39, 0.29) is 11.9 Å². The zero-order valence-corrected chi connectivity index (χ0v) is 13.2. The van der Waals surface area contributed by atoms with Crippen molar-refractivity contribution >= 4 is 17.3 Å². The van der Waals surface area contributed by atoms with Crippen LogP contribution in [-0.4, -0.2) is 55.0 Å². The van der Waals surface area contributed by atoms with E-state index in [1.165, 1.54) is 0 Å². The number of rotatable bonds is 3. The third-order valence-corrected chi connectivity index (χ3v) is 4.31. The summed E-state index contributed by atoms with van der Waals surface area (Å²) in [5, 5.41) is 3.01. The highest BCUT2D eigenvalue weighted by molar-refractivity contribution is 5.95. The summed E-state index contributed by atoms with van der Waals surface area (Å²) < 4.78 is 0. The van der Waals surface area contributed by atoms with Crippen molar-refractivity contribution in [3.8, 4) is 0 Å². The molecule has 0 saturated carbocycles. The van der Waals surface area contributed by atoms with Crippen molar-refractivity contribution in [3.05, 3.63) is 23.8 Å². The normalized spacial score (nSPS) is 19.0. The monoisotopic (exact) mass is 290 g/mol. The number of carbonyl (C=O) groups is 1. The summed E-state index contributed by atoms with van der Waals surface area (Å²) in [5.74, 6) is 0.0354. The highest BCUT2D eigenvalue weighted by atomic mass is 16.2. The van der Waals surface area contributed by atoms with Gasteiger partial charge in [0.25, 0.3) is 0 Å². The fraction of sp³-hybridized carbons (Fsp3) is 0.562. The summed E-state index contributed by atoms with van der Waals surface area (Å²) in [6.07, 6.45) is 1.10. The van der Waals surface area contributed by atoms with Crippen molar-refractivity contribution in [3.63, 3.8) is 0 Å². The molecule has 1 aliphatic heterocycles. The van der Waals surface area contributed by atoms with Gasteiger partial charge in [-0.25, -0.2) is 0 Å². The SMILES string of the molecule is Cc1c(N)cccc1NC(=O)C(C)N1CCCN(C)CC1. The number of nitrogens with two attached hydrogens (primary N) is 1. The van der Waals surface area contributed by atoms with Crippen LogP contribution in [0.1, 0.15) is 18.9 Å². The first-order valence-corrected chi connectivity index (χ1v) is 7.57. The van der Waals surface area contributed by atoms with Gasteiger partial charge in [0.1, 0.15) is 0 Å². The summed E-state index contributed by atoms with van der Waals surface area (Å²) in [4.78, 5) is 17.0. The van der Waals surface area contributed by atoms with E-state index >= 15 is 0 Å². The van der Waals surface area contributed by atoms with Crippen molar-refractivity contribution in [2.75, 3.05) is 44.3 Å². The predicted molar refractivity (Wildman–Crippen MR) is 87.4 cm³/mol. The van der Waals surface area contributed by atoms with Gasteiger partial charge in [-0.3, -0.25) is 9.69 Å². The van der Waals surface area contributed by atoms with E-state index in [1.54, 1.807) is 0 Å². The molecule has 21 heavy (non-hydrogen) atoms. The van der Waals surface area contributed by atoms with Crippen LogP contribution in [0.2, 0.25) is 0 Å². The lowest BCUT2D eigenvalue weighted by molar-refractivity contribution is -0.120. The number of nitrogens with zero attached hydrogens (tertiary/aromatic N) is 2. The molecule has 0 spiro atoms. The van der Waals surface area contributed by atoms with E-state index < -0.39 is 0 Å². The number of benzene rings is 1. The van der Waals surface area contributed by atoms with Gasteiger partial charge in [0.2, 0.25) is 5.91 Å². The lowest BCUT2D eigenvalue weighted by atomic mass is 10.1. The molecule has 3 N–H and O–H groups in total. The van der Waals surface area contributed by atoms with E-state index in [9.17, 15) is 4.79 Å². The molecule has 116 valence electrons. The molecule has 1 unspecified atom stereocenters. The maximum Gasteiger partial charge on any atom is 0.241 e. The van der Waals surface area contributed by atoms with Gasteiger partial charge in [0.05, 0.1) is 6.04 Å². The summed E-state index contributed by atoms with van der Waals surface area (Å²) >= 11 is 0.